The molecule has 1 nitrogen and oxygen atoms in total. The molecule has 0 spiro atoms. The lowest BCUT2D eigenvalue weighted by atomic mass is 9.93. The van der Waals surface area contributed by atoms with Crippen LogP contribution in [0.3, 0.4) is 0 Å². The molecular weight excluding hydrogens is 232 g/mol. The molecule has 3 heteroatoms. The lowest BCUT2D eigenvalue weighted by Gasteiger charge is -2.19. The van der Waals surface area contributed by atoms with Gasteiger partial charge in [-0.05, 0) is 38.0 Å². The number of benzene rings is 1. The van der Waals surface area contributed by atoms with E-state index in [0.29, 0.717) is 5.56 Å². The summed E-state index contributed by atoms with van der Waals surface area (Å²) in [6.45, 7) is 5.17. The van der Waals surface area contributed by atoms with Gasteiger partial charge in [-0.25, -0.2) is 0 Å². The van der Waals surface area contributed by atoms with Crippen molar-refractivity contribution in [2.45, 2.75) is 32.7 Å². The Kier molecular flexibility index (Phi) is 4.79. The third kappa shape index (κ3) is 3.05. The van der Waals surface area contributed by atoms with Crippen molar-refractivity contribution in [2.24, 2.45) is 5.73 Å². The summed E-state index contributed by atoms with van der Waals surface area (Å²) >= 11 is 0. The molecule has 1 atom stereocenters. The van der Waals surface area contributed by atoms with Crippen molar-refractivity contribution >= 4 is 6.08 Å². The van der Waals surface area contributed by atoms with Crippen molar-refractivity contribution in [1.29, 1.82) is 0 Å². The molecule has 0 unspecified atom stereocenters. The second-order valence-corrected chi connectivity index (χ2v) is 4.22. The molecule has 18 heavy (non-hydrogen) atoms. The fraction of sp³-hybridized carbons (Fsp3) is 0.333. The summed E-state index contributed by atoms with van der Waals surface area (Å²) in [5.41, 5.74) is 7.07. The van der Waals surface area contributed by atoms with Crippen molar-refractivity contribution in [1.82, 2.24) is 0 Å². The highest BCUT2D eigenvalue weighted by Crippen LogP contribution is 2.35. The van der Waals surface area contributed by atoms with Gasteiger partial charge in [0.05, 0.1) is 0 Å². The van der Waals surface area contributed by atoms with Crippen LogP contribution in [0.15, 0.2) is 36.4 Å². The lowest BCUT2D eigenvalue weighted by Crippen LogP contribution is -2.15. The minimum Gasteiger partial charge on any atom is -0.324 e. The summed E-state index contributed by atoms with van der Waals surface area (Å²) in [6, 6.07) is 4.58. The van der Waals surface area contributed by atoms with Crippen LogP contribution in [0.1, 0.15) is 43.5 Å². The smallest absolute Gasteiger partial charge is 0.292 e. The van der Waals surface area contributed by atoms with Gasteiger partial charge in [-0.15, -0.1) is 0 Å². The SMILES string of the molecule is C/C=C/c1c([C@@H](C)N)cccc1C(F)(F)/C=C/C. The summed E-state index contributed by atoms with van der Waals surface area (Å²) in [4.78, 5) is 0. The molecule has 0 saturated carbocycles. The maximum Gasteiger partial charge on any atom is 0.292 e. The van der Waals surface area contributed by atoms with E-state index < -0.39 is 5.92 Å². The van der Waals surface area contributed by atoms with Gasteiger partial charge in [-0.2, -0.15) is 8.78 Å². The fourth-order valence-electron chi connectivity index (χ4n) is 1.92. The van der Waals surface area contributed by atoms with Crippen molar-refractivity contribution in [3.63, 3.8) is 0 Å². The maximum absolute atomic E-state index is 14.0. The van der Waals surface area contributed by atoms with Crippen LogP contribution in [0.5, 0.6) is 0 Å². The zero-order valence-electron chi connectivity index (χ0n) is 11.0. The first-order chi connectivity index (χ1) is 8.44. The molecule has 1 aromatic carbocycles. The van der Waals surface area contributed by atoms with Crippen LogP contribution in [-0.2, 0) is 5.92 Å². The number of nitrogens with two attached hydrogens (primary N) is 1. The monoisotopic (exact) mass is 251 g/mol. The fourth-order valence-corrected chi connectivity index (χ4v) is 1.92. The van der Waals surface area contributed by atoms with Gasteiger partial charge in [0.25, 0.3) is 5.92 Å². The molecule has 0 heterocycles. The van der Waals surface area contributed by atoms with Gasteiger partial charge >= 0.3 is 0 Å². The predicted octanol–water partition coefficient (Wildman–Crippen LogP) is 4.41. The Balaban J connectivity index is 3.49. The summed E-state index contributed by atoms with van der Waals surface area (Å²) < 4.78 is 28.0. The molecule has 1 rings (SSSR count). The third-order valence-corrected chi connectivity index (χ3v) is 2.70. The first-order valence-electron chi connectivity index (χ1n) is 5.97. The molecule has 0 radical (unpaired) electrons. The van der Waals surface area contributed by atoms with Crippen LogP contribution in [0.2, 0.25) is 0 Å². The van der Waals surface area contributed by atoms with Crippen LogP contribution >= 0.6 is 0 Å². The first-order valence-corrected chi connectivity index (χ1v) is 5.97. The van der Waals surface area contributed by atoms with E-state index in [1.165, 1.54) is 12.1 Å². The molecule has 0 aliphatic heterocycles. The second-order valence-electron chi connectivity index (χ2n) is 4.22. The number of halogens is 2. The minimum absolute atomic E-state index is 0.00602. The average Bonchev–Trinajstić information content (AvgIpc) is 2.29. The number of alkyl halides is 2. The van der Waals surface area contributed by atoms with E-state index in [1.54, 1.807) is 45.1 Å². The number of hydrogen-bond donors (Lipinski definition) is 1. The Bertz CT molecular complexity index is 460. The highest BCUT2D eigenvalue weighted by molar-refractivity contribution is 5.60. The predicted molar refractivity (Wildman–Crippen MR) is 72.5 cm³/mol. The molecule has 0 amide bonds. The Labute approximate surface area is 107 Å². The van der Waals surface area contributed by atoms with Gasteiger partial charge in [0.2, 0.25) is 0 Å². The van der Waals surface area contributed by atoms with Crippen molar-refractivity contribution in [3.05, 3.63) is 53.1 Å². The number of rotatable bonds is 4. The molecular formula is C15H19F2N. The topological polar surface area (TPSA) is 26.0 Å². The van der Waals surface area contributed by atoms with Gasteiger partial charge in [0.1, 0.15) is 0 Å². The highest BCUT2D eigenvalue weighted by atomic mass is 19.3. The van der Waals surface area contributed by atoms with Crippen LogP contribution in [0.25, 0.3) is 6.08 Å². The van der Waals surface area contributed by atoms with Gasteiger partial charge in [0.15, 0.2) is 0 Å². The van der Waals surface area contributed by atoms with Crippen LogP contribution in [-0.4, -0.2) is 0 Å². The van der Waals surface area contributed by atoms with Crippen LogP contribution < -0.4 is 5.73 Å². The van der Waals surface area contributed by atoms with E-state index in [1.807, 2.05) is 0 Å². The second kappa shape index (κ2) is 5.91. The Morgan fingerprint density at radius 2 is 1.89 bits per heavy atom. The molecule has 98 valence electrons. The largest absolute Gasteiger partial charge is 0.324 e. The molecule has 0 bridgehead atoms. The number of allylic oxidation sites excluding steroid dienone is 3. The Morgan fingerprint density at radius 3 is 2.39 bits per heavy atom. The summed E-state index contributed by atoms with van der Waals surface area (Å²) in [7, 11) is 0. The van der Waals surface area contributed by atoms with Crippen LogP contribution in [0, 0.1) is 0 Å². The molecule has 0 aliphatic carbocycles. The molecule has 0 saturated heterocycles. The zero-order valence-corrected chi connectivity index (χ0v) is 11.0. The maximum atomic E-state index is 14.0. The van der Waals surface area contributed by atoms with Gasteiger partial charge in [-0.3, -0.25) is 0 Å². The molecule has 2 N–H and O–H groups in total. The first kappa shape index (κ1) is 14.6. The van der Waals surface area contributed by atoms with E-state index in [9.17, 15) is 8.78 Å². The van der Waals surface area contributed by atoms with E-state index in [0.717, 1.165) is 11.6 Å². The van der Waals surface area contributed by atoms with E-state index in [2.05, 4.69) is 0 Å². The Morgan fingerprint density at radius 1 is 1.22 bits per heavy atom. The summed E-state index contributed by atoms with van der Waals surface area (Å²) in [5, 5.41) is 0. The molecule has 0 aromatic heterocycles. The average molecular weight is 251 g/mol. The quantitative estimate of drug-likeness (QED) is 0.788. The minimum atomic E-state index is -2.98. The molecule has 0 fully saturated rings. The lowest BCUT2D eigenvalue weighted by molar-refractivity contribution is 0.0517. The van der Waals surface area contributed by atoms with Gasteiger partial charge < -0.3 is 5.73 Å². The summed E-state index contributed by atoms with van der Waals surface area (Å²) in [5.74, 6) is -2.98. The van der Waals surface area contributed by atoms with Crippen LogP contribution in [0.4, 0.5) is 8.78 Å². The Hall–Kier alpha value is -1.48. The van der Waals surface area contributed by atoms with Gasteiger partial charge in [0, 0.05) is 11.6 Å². The normalized spacial score (nSPS) is 14.6. The third-order valence-electron chi connectivity index (χ3n) is 2.70. The van der Waals surface area contributed by atoms with Gasteiger partial charge in [-0.1, -0.05) is 36.4 Å². The summed E-state index contributed by atoms with van der Waals surface area (Å²) in [6.07, 6.45) is 5.69. The molecule has 1 aromatic rings. The van der Waals surface area contributed by atoms with E-state index in [4.69, 9.17) is 5.73 Å². The number of hydrogen-bond acceptors (Lipinski definition) is 1. The van der Waals surface area contributed by atoms with Crippen molar-refractivity contribution in [2.75, 3.05) is 0 Å². The standard InChI is InChI=1S/C15H19F2N/c1-4-7-13-12(11(3)18)8-6-9-14(13)15(16,17)10-5-2/h4-11H,18H2,1-3H3/b7-4+,10-5+/t11-/m1/s1. The van der Waals surface area contributed by atoms with Crippen molar-refractivity contribution in [3.8, 4) is 0 Å². The molecule has 0 aliphatic rings. The van der Waals surface area contributed by atoms with E-state index in [-0.39, 0.29) is 11.6 Å². The van der Waals surface area contributed by atoms with E-state index >= 15 is 0 Å². The zero-order chi connectivity index (χ0) is 13.8. The van der Waals surface area contributed by atoms with Crippen molar-refractivity contribution < 1.29 is 8.78 Å². The highest BCUT2D eigenvalue weighted by Gasteiger charge is 2.30.